The van der Waals surface area contributed by atoms with Crippen LogP contribution in [0.1, 0.15) is 613 Å². The Morgan fingerprint density at radius 3 is 0.554 bits per heavy atom. The summed E-state index contributed by atoms with van der Waals surface area (Å²) in [6.07, 6.45) is 159. The quantitative estimate of drug-likeness (QED) is 0.182. The maximum Gasteiger partial charge on any atom is -0.0228 e. The third kappa shape index (κ3) is 40.8. The molecule has 0 nitrogen and oxygen atoms in total. The van der Waals surface area contributed by atoms with Gasteiger partial charge in [0.05, 0.1) is 0 Å². The predicted octanol–water partition coefficient (Wildman–Crippen LogP) is 42.6. The molecule has 2 unspecified atom stereocenters. The van der Waals surface area contributed by atoms with Crippen molar-refractivity contribution < 1.29 is 0 Å². The summed E-state index contributed by atoms with van der Waals surface area (Å²) in [5, 5.41) is 0. The van der Waals surface area contributed by atoms with Crippen molar-refractivity contribution in [3.8, 4) is 0 Å². The van der Waals surface area contributed by atoms with Crippen molar-refractivity contribution in [2.75, 3.05) is 0 Å². The molecule has 0 radical (unpaired) electrons. The van der Waals surface area contributed by atoms with E-state index in [9.17, 15) is 0 Å². The molecule has 738 valence electrons. The van der Waals surface area contributed by atoms with Crippen LogP contribution in [-0.4, -0.2) is 0 Å². The van der Waals surface area contributed by atoms with Crippen molar-refractivity contribution in [2.24, 2.45) is 92.7 Å². The number of fused-ring (bicyclic) bond motifs is 10. The average Bonchev–Trinajstić information content (AvgIpc) is 1.19. The minimum Gasteiger partial charge on any atom is -0.0885 e. The summed E-state index contributed by atoms with van der Waals surface area (Å²) in [5.41, 5.74) is 9.90. The van der Waals surface area contributed by atoms with Crippen molar-refractivity contribution in [2.45, 2.75) is 616 Å². The summed E-state index contributed by atoms with van der Waals surface area (Å²) in [6.45, 7) is 0. The molecule has 0 heteroatoms. The lowest BCUT2D eigenvalue weighted by molar-refractivity contribution is 0.0198. The molecule has 25 saturated carbocycles. The lowest BCUT2D eigenvalue weighted by atomic mass is 9.56. The topological polar surface area (TPSA) is 0 Å². The Balaban J connectivity index is 0.000000118. The van der Waals surface area contributed by atoms with Gasteiger partial charge in [-0.3, -0.25) is 0 Å². The summed E-state index contributed by atoms with van der Waals surface area (Å²) in [4.78, 5) is 0. The number of rotatable bonds is 0. The molecule has 0 heterocycles. The number of aryl methyl sites for hydroxylation is 4. The molecule has 4 spiro atoms. The molecular formula is C130H218. The Labute approximate surface area is 810 Å². The Morgan fingerprint density at radius 2 is 0.369 bits per heavy atom. The van der Waals surface area contributed by atoms with Gasteiger partial charge in [0.2, 0.25) is 0 Å². The number of hydrogen-bond acceptors (Lipinski definition) is 0. The van der Waals surface area contributed by atoms with E-state index in [-0.39, 0.29) is 0 Å². The maximum absolute atomic E-state index is 2.38. The number of benzene rings is 2. The zero-order chi connectivity index (χ0) is 89.0. The highest BCUT2D eigenvalue weighted by molar-refractivity contribution is 5.31. The molecule has 0 saturated heterocycles. The Hall–Kier alpha value is -2.34. The maximum atomic E-state index is 2.38. The summed E-state index contributed by atoms with van der Waals surface area (Å²) < 4.78 is 0. The molecule has 0 aliphatic heterocycles. The smallest absolute Gasteiger partial charge is 0.0228 e. The first-order valence-corrected chi connectivity index (χ1v) is 61.4. The first kappa shape index (κ1) is 105. The molecule has 130 heavy (non-hydrogen) atoms. The highest BCUT2D eigenvalue weighted by atomic mass is 14.5. The average molecular weight is 1780 g/mol. The van der Waals surface area contributed by atoms with Gasteiger partial charge in [0.15, 0.2) is 0 Å². The van der Waals surface area contributed by atoms with Crippen LogP contribution in [0.5, 0.6) is 0 Å². The van der Waals surface area contributed by atoms with Crippen molar-refractivity contribution in [1.29, 1.82) is 0 Å². The Morgan fingerprint density at radius 1 is 0.154 bits per heavy atom. The van der Waals surface area contributed by atoms with Gasteiger partial charge < -0.3 is 0 Å². The van der Waals surface area contributed by atoms with E-state index in [1.807, 2.05) is 0 Å². The van der Waals surface area contributed by atoms with Gasteiger partial charge in [-0.15, -0.1) is 0 Å². The molecule has 0 N–H and O–H groups in total. The summed E-state index contributed by atoms with van der Waals surface area (Å²) in [5.74, 6) is 13.7. The second kappa shape index (κ2) is 62.0. The van der Waals surface area contributed by atoms with Crippen LogP contribution < -0.4 is 0 Å². The molecular weight excluding hydrogens is 1560 g/mol. The lowest BCUT2D eigenvalue weighted by Gasteiger charge is -2.49. The summed E-state index contributed by atoms with van der Waals surface area (Å²) >= 11 is 0. The fraction of sp³-hybridized carbons (Fsp3) is 0.862. The van der Waals surface area contributed by atoms with Gasteiger partial charge in [-0.1, -0.05) is 445 Å². The SMILES string of the molecule is C1=CC2CCC1C2.C1=CCCC1.C1=CCCCC1.C1C2CC3CC1CC(C2)C3.C1CC1.C1CC2CCC1C2.C1CC2CCC1CC2.C1CC2CCCC2C1.C1CCC1.C1CCC2(C1)CC2.C1CCC2(C1)CCCC2.C1CCC2(CC1)CCC2.C1CCC2(CC1)CCCC2.C1CCCC1.C1CCCCC1.C1CCCCCC1.c1ccc2c(c1)CCC2.c1ccc2c(c1)CCCC2. The van der Waals surface area contributed by atoms with E-state index in [1.165, 1.54) is 426 Å². The monoisotopic (exact) mass is 1780 g/mol. The van der Waals surface area contributed by atoms with Gasteiger partial charge in [0.1, 0.15) is 0 Å². The van der Waals surface area contributed by atoms with Gasteiger partial charge in [-0.2, -0.15) is 0 Å². The van der Waals surface area contributed by atoms with Crippen LogP contribution in [0.25, 0.3) is 0 Å². The molecule has 32 rings (SSSR count). The van der Waals surface area contributed by atoms with Crippen LogP contribution in [0.15, 0.2) is 85.0 Å². The fourth-order valence-corrected chi connectivity index (χ4v) is 30.6. The predicted molar refractivity (Wildman–Crippen MR) is 571 cm³/mol. The minimum absolute atomic E-state index is 0.873. The third-order valence-corrected chi connectivity index (χ3v) is 39.8. The van der Waals surface area contributed by atoms with Crippen LogP contribution in [-0.2, 0) is 25.7 Å². The van der Waals surface area contributed by atoms with E-state index in [4.69, 9.17) is 0 Å². The van der Waals surface area contributed by atoms with Crippen LogP contribution >= 0.6 is 0 Å². The van der Waals surface area contributed by atoms with Gasteiger partial charge in [-0.05, 0) is 372 Å². The summed E-state index contributed by atoms with van der Waals surface area (Å²) in [7, 11) is 0. The molecule has 30 aliphatic rings. The first-order valence-electron chi connectivity index (χ1n) is 61.4. The second-order valence-electron chi connectivity index (χ2n) is 50.5. The van der Waals surface area contributed by atoms with Crippen molar-refractivity contribution in [3.05, 3.63) is 107 Å². The normalized spacial score (nSPS) is 32.4. The zero-order valence-corrected chi connectivity index (χ0v) is 86.9. The van der Waals surface area contributed by atoms with Crippen LogP contribution in [0.4, 0.5) is 0 Å². The lowest BCUT2D eigenvalue weighted by Crippen LogP contribution is -2.38. The molecule has 2 aromatic rings. The third-order valence-electron chi connectivity index (χ3n) is 39.8. The van der Waals surface area contributed by atoms with Crippen LogP contribution in [0.2, 0.25) is 0 Å². The molecule has 25 fully saturated rings. The Kier molecular flexibility index (Phi) is 50.0. The molecule has 0 amide bonds. The van der Waals surface area contributed by atoms with Gasteiger partial charge in [0, 0.05) is 0 Å². The molecule has 0 aromatic heterocycles. The van der Waals surface area contributed by atoms with E-state index >= 15 is 0 Å². The number of allylic oxidation sites excluding steroid dienone is 6. The van der Waals surface area contributed by atoms with Gasteiger partial charge in [-0.25, -0.2) is 0 Å². The molecule has 30 aliphatic carbocycles. The van der Waals surface area contributed by atoms with E-state index in [0.717, 1.165) is 45.3 Å². The first-order chi connectivity index (χ1) is 64.3. The minimum atomic E-state index is 0.873. The molecule has 10 bridgehead atoms. The Bertz CT molecular complexity index is 2940. The summed E-state index contributed by atoms with van der Waals surface area (Å²) in [6, 6.07) is 17.5. The largest absolute Gasteiger partial charge is 0.0885 e. The highest BCUT2D eigenvalue weighted by Crippen LogP contribution is 2.59. The standard InChI is InChI=1S/C10H16.C10H12.C10H18.C9H16.C9H10.C9H16.2C8H14.C7H12.C7H10.C7H12.C7H14.C6H12.C6H10.C5H10.C5H8.C4H8.C3H6/c1-7-2-9-4-8(1)5-10(3-7)6-9;1-2-6-10-8-4-3-7-9(10)5-1;1-2-6-10(7-3-1)8-4-5-9-10;1-2-6-9(5-1)7-3-4-8-9;1-2-5-9-7-3-6-8(9)4-1;1-2-5-9(6-3-1)7-4-8-9;1-3-7-5-2-6-8(7)4-1;1-2-8-5-3-7(1)4-6-8;2*1-2-7-4-3-6(1)5-7;1-2-4-7(3-1)5-6-7;1-2-4-6-7-5-3-1;2*1-2-4-6-5-3-1;2*1-2-4-5-3-1;1-2-4-3-1;1-2-3-1/h7-10H,1-6H2;1-2,5-6H,3-4,7-8H2;1-9H2;1-8H2;1-2,4-5H,3,6-7H2;1-8H2;2*7-8H,1-6H2;6-7H,1-5H2;1-2,6-7H,3-5H2;1-6H2;1-7H2;1-6H2;1-2H,3-6H2;1-5H2;1-2H,3-5H2;1-4H2;1-3H2. The van der Waals surface area contributed by atoms with Crippen LogP contribution in [0.3, 0.4) is 0 Å². The van der Waals surface area contributed by atoms with E-state index in [0.29, 0.717) is 0 Å². The zero-order valence-electron chi connectivity index (χ0n) is 86.9. The van der Waals surface area contributed by atoms with E-state index in [2.05, 4.69) is 85.0 Å². The van der Waals surface area contributed by atoms with Crippen LogP contribution in [0, 0.1) is 92.7 Å². The molecule has 2 aromatic carbocycles. The highest BCUT2D eigenvalue weighted by Gasteiger charge is 2.45. The van der Waals surface area contributed by atoms with E-state index < -0.39 is 0 Å². The van der Waals surface area contributed by atoms with Gasteiger partial charge >= 0.3 is 0 Å². The molecule has 2 atom stereocenters. The second-order valence-corrected chi connectivity index (χ2v) is 50.5. The van der Waals surface area contributed by atoms with E-state index in [1.54, 1.807) is 260 Å². The van der Waals surface area contributed by atoms with Crippen molar-refractivity contribution >= 4 is 0 Å². The number of hydrogen-bond donors (Lipinski definition) is 0. The fourth-order valence-electron chi connectivity index (χ4n) is 30.6. The van der Waals surface area contributed by atoms with Crippen molar-refractivity contribution in [3.63, 3.8) is 0 Å². The van der Waals surface area contributed by atoms with Crippen molar-refractivity contribution in [1.82, 2.24) is 0 Å². The van der Waals surface area contributed by atoms with Gasteiger partial charge in [0.25, 0.3) is 0 Å².